The molecule has 1 fully saturated rings. The van der Waals surface area contributed by atoms with E-state index in [1.807, 2.05) is 0 Å². The number of piperidine rings is 1. The van der Waals surface area contributed by atoms with Gasteiger partial charge in [-0.25, -0.2) is 0 Å². The Labute approximate surface area is 139 Å². The molecule has 1 aromatic rings. The van der Waals surface area contributed by atoms with Gasteiger partial charge in [0.1, 0.15) is 12.7 Å². The van der Waals surface area contributed by atoms with Gasteiger partial charge in [0, 0.05) is 12.5 Å². The first kappa shape index (κ1) is 17.3. The second-order valence-corrected chi connectivity index (χ2v) is 6.31. The summed E-state index contributed by atoms with van der Waals surface area (Å²) < 4.78 is 5.52. The fourth-order valence-electron chi connectivity index (χ4n) is 2.55. The van der Waals surface area contributed by atoms with Crippen LogP contribution in [0.15, 0.2) is 18.2 Å². The standard InChI is InChI=1S/C15H20Cl2N2O3/c16-12-2-1-3-13(17)14(12)22-9-11(20)8-19-6-4-10(5-7-19)15(18)21/h1-3,10-11,20H,4-9H2,(H2,18,21). The van der Waals surface area contributed by atoms with E-state index in [1.54, 1.807) is 18.2 Å². The van der Waals surface area contributed by atoms with Crippen LogP contribution in [0.3, 0.4) is 0 Å². The van der Waals surface area contributed by atoms with Crippen LogP contribution < -0.4 is 10.5 Å². The lowest BCUT2D eigenvalue weighted by molar-refractivity contribution is -0.123. The molecular formula is C15H20Cl2N2O3. The largest absolute Gasteiger partial charge is 0.488 e. The van der Waals surface area contributed by atoms with Crippen molar-refractivity contribution in [2.75, 3.05) is 26.2 Å². The van der Waals surface area contributed by atoms with Gasteiger partial charge in [-0.3, -0.25) is 4.79 Å². The van der Waals surface area contributed by atoms with Crippen molar-refractivity contribution in [2.45, 2.75) is 18.9 Å². The highest BCUT2D eigenvalue weighted by atomic mass is 35.5. The number of halogens is 2. The normalized spacial score (nSPS) is 18.1. The number of benzene rings is 1. The number of nitrogens with two attached hydrogens (primary N) is 1. The molecule has 1 aromatic carbocycles. The number of β-amino-alcohol motifs (C(OH)–C–C–N with tert-alkyl or cyclic N) is 1. The molecule has 0 radical (unpaired) electrons. The van der Waals surface area contributed by atoms with Crippen LogP contribution in [0.2, 0.25) is 10.0 Å². The SMILES string of the molecule is NC(=O)C1CCN(CC(O)COc2c(Cl)cccc2Cl)CC1. The summed E-state index contributed by atoms with van der Waals surface area (Å²) in [6.45, 7) is 2.09. The van der Waals surface area contributed by atoms with Crippen LogP contribution in [0.5, 0.6) is 5.75 Å². The minimum absolute atomic E-state index is 0.0495. The van der Waals surface area contributed by atoms with Crippen molar-refractivity contribution in [2.24, 2.45) is 11.7 Å². The number of primary amides is 1. The number of nitrogens with zero attached hydrogens (tertiary/aromatic N) is 1. The van der Waals surface area contributed by atoms with Gasteiger partial charge in [0.25, 0.3) is 0 Å². The quantitative estimate of drug-likeness (QED) is 0.825. The molecule has 0 bridgehead atoms. The van der Waals surface area contributed by atoms with Crippen LogP contribution in [0.25, 0.3) is 0 Å². The predicted octanol–water partition coefficient (Wildman–Crippen LogP) is 1.93. The molecule has 0 aliphatic carbocycles. The van der Waals surface area contributed by atoms with Crippen LogP contribution in [0.4, 0.5) is 0 Å². The summed E-state index contributed by atoms with van der Waals surface area (Å²) in [5, 5.41) is 10.9. The predicted molar refractivity (Wildman–Crippen MR) is 86.3 cm³/mol. The highest BCUT2D eigenvalue weighted by molar-refractivity contribution is 6.37. The first-order valence-electron chi connectivity index (χ1n) is 7.24. The molecule has 0 saturated carbocycles. The highest BCUT2D eigenvalue weighted by Gasteiger charge is 2.24. The smallest absolute Gasteiger partial charge is 0.220 e. The molecule has 0 aromatic heterocycles. The number of hydrogen-bond donors (Lipinski definition) is 2. The van der Waals surface area contributed by atoms with Gasteiger partial charge >= 0.3 is 0 Å². The molecule has 1 amide bonds. The first-order chi connectivity index (χ1) is 10.5. The maximum absolute atomic E-state index is 11.1. The van der Waals surface area contributed by atoms with E-state index in [4.69, 9.17) is 33.7 Å². The molecule has 2 rings (SSSR count). The minimum Gasteiger partial charge on any atom is -0.488 e. The maximum atomic E-state index is 11.1. The molecule has 1 aliphatic heterocycles. The fraction of sp³-hybridized carbons (Fsp3) is 0.533. The number of aliphatic hydroxyl groups is 1. The molecule has 7 heteroatoms. The summed E-state index contributed by atoms with van der Waals surface area (Å²) in [5.41, 5.74) is 5.30. The summed E-state index contributed by atoms with van der Waals surface area (Å²) in [4.78, 5) is 13.2. The third kappa shape index (κ3) is 4.74. The first-order valence-corrected chi connectivity index (χ1v) is 7.99. The molecule has 3 N–H and O–H groups in total. The third-order valence-corrected chi connectivity index (χ3v) is 4.39. The Hall–Kier alpha value is -1.01. The van der Waals surface area contributed by atoms with E-state index >= 15 is 0 Å². The van der Waals surface area contributed by atoms with E-state index < -0.39 is 6.10 Å². The highest BCUT2D eigenvalue weighted by Crippen LogP contribution is 2.32. The van der Waals surface area contributed by atoms with Gasteiger partial charge in [-0.15, -0.1) is 0 Å². The summed E-state index contributed by atoms with van der Waals surface area (Å²) in [6.07, 6.45) is 0.816. The molecule has 1 heterocycles. The number of para-hydroxylation sites is 1. The van der Waals surface area contributed by atoms with E-state index in [-0.39, 0.29) is 18.4 Å². The zero-order valence-electron chi connectivity index (χ0n) is 12.2. The Morgan fingerprint density at radius 3 is 2.50 bits per heavy atom. The minimum atomic E-state index is -0.655. The molecule has 1 atom stereocenters. The number of carbonyl (C=O) groups excluding carboxylic acids is 1. The van der Waals surface area contributed by atoms with Gasteiger partial charge in [-0.05, 0) is 38.1 Å². The molecular weight excluding hydrogens is 327 g/mol. The van der Waals surface area contributed by atoms with Crippen molar-refractivity contribution >= 4 is 29.1 Å². The number of likely N-dealkylation sites (tertiary alicyclic amines) is 1. The van der Waals surface area contributed by atoms with Gasteiger partial charge in [-0.1, -0.05) is 29.3 Å². The second kappa shape index (κ2) is 8.02. The van der Waals surface area contributed by atoms with E-state index in [9.17, 15) is 9.90 Å². The van der Waals surface area contributed by atoms with Gasteiger partial charge < -0.3 is 20.5 Å². The topological polar surface area (TPSA) is 75.8 Å². The van der Waals surface area contributed by atoms with Gasteiger partial charge in [0.2, 0.25) is 5.91 Å². The van der Waals surface area contributed by atoms with E-state index in [2.05, 4.69) is 4.90 Å². The molecule has 1 aliphatic rings. The van der Waals surface area contributed by atoms with Crippen LogP contribution in [0, 0.1) is 5.92 Å². The molecule has 1 saturated heterocycles. The number of aliphatic hydroxyl groups excluding tert-OH is 1. The summed E-state index contributed by atoms with van der Waals surface area (Å²) in [5.74, 6) is 0.0980. The van der Waals surface area contributed by atoms with Crippen molar-refractivity contribution in [1.29, 1.82) is 0 Å². The average Bonchev–Trinajstić information content (AvgIpc) is 2.47. The average molecular weight is 347 g/mol. The molecule has 122 valence electrons. The van der Waals surface area contributed by atoms with E-state index in [0.717, 1.165) is 25.9 Å². The number of ether oxygens (including phenoxy) is 1. The van der Waals surface area contributed by atoms with E-state index in [0.29, 0.717) is 22.3 Å². The van der Waals surface area contributed by atoms with Crippen molar-refractivity contribution in [3.63, 3.8) is 0 Å². The van der Waals surface area contributed by atoms with Gasteiger partial charge in [0.15, 0.2) is 5.75 Å². The van der Waals surface area contributed by atoms with Crippen LogP contribution >= 0.6 is 23.2 Å². The van der Waals surface area contributed by atoms with Crippen molar-refractivity contribution in [3.8, 4) is 5.75 Å². The third-order valence-electron chi connectivity index (χ3n) is 3.80. The van der Waals surface area contributed by atoms with Crippen molar-refractivity contribution in [1.82, 2.24) is 4.90 Å². The van der Waals surface area contributed by atoms with Crippen LogP contribution in [-0.2, 0) is 4.79 Å². The van der Waals surface area contributed by atoms with Gasteiger partial charge in [0.05, 0.1) is 10.0 Å². The number of amides is 1. The lowest BCUT2D eigenvalue weighted by Crippen LogP contribution is -2.43. The monoisotopic (exact) mass is 346 g/mol. The zero-order chi connectivity index (χ0) is 16.1. The second-order valence-electron chi connectivity index (χ2n) is 5.49. The Bertz CT molecular complexity index is 499. The number of carbonyl (C=O) groups is 1. The molecule has 22 heavy (non-hydrogen) atoms. The molecule has 1 unspecified atom stereocenters. The van der Waals surface area contributed by atoms with E-state index in [1.165, 1.54) is 0 Å². The summed E-state index contributed by atoms with van der Waals surface area (Å²) in [7, 11) is 0. The molecule has 5 nitrogen and oxygen atoms in total. The van der Waals surface area contributed by atoms with Crippen LogP contribution in [0.1, 0.15) is 12.8 Å². The Balaban J connectivity index is 1.77. The fourth-order valence-corrected chi connectivity index (χ4v) is 3.06. The number of rotatable bonds is 6. The lowest BCUT2D eigenvalue weighted by Gasteiger charge is -2.31. The van der Waals surface area contributed by atoms with Crippen molar-refractivity contribution < 1.29 is 14.6 Å². The lowest BCUT2D eigenvalue weighted by atomic mass is 9.96. The number of hydrogen-bond acceptors (Lipinski definition) is 4. The van der Waals surface area contributed by atoms with Gasteiger partial charge in [-0.2, -0.15) is 0 Å². The van der Waals surface area contributed by atoms with Crippen LogP contribution in [-0.4, -0.2) is 48.3 Å². The Morgan fingerprint density at radius 1 is 1.36 bits per heavy atom. The Kier molecular flexibility index (Phi) is 6.32. The molecule has 0 spiro atoms. The summed E-state index contributed by atoms with van der Waals surface area (Å²) in [6, 6.07) is 5.10. The Morgan fingerprint density at radius 2 is 1.95 bits per heavy atom. The summed E-state index contributed by atoms with van der Waals surface area (Å²) >= 11 is 12.0. The maximum Gasteiger partial charge on any atom is 0.220 e. The zero-order valence-corrected chi connectivity index (χ0v) is 13.7. The van der Waals surface area contributed by atoms with Crippen molar-refractivity contribution in [3.05, 3.63) is 28.2 Å².